The largest absolute Gasteiger partial charge is 0.297 e. The van der Waals surface area contributed by atoms with Gasteiger partial charge in [0.05, 0.1) is 34.8 Å². The Balaban J connectivity index is 1.96. The monoisotopic (exact) mass is 384 g/mol. The first-order valence-electron chi connectivity index (χ1n) is 8.50. The van der Waals surface area contributed by atoms with Gasteiger partial charge in [0.25, 0.3) is 5.91 Å². The third-order valence-corrected chi connectivity index (χ3v) is 6.06. The second kappa shape index (κ2) is 6.76. The zero-order valence-electron chi connectivity index (χ0n) is 15.4. The van der Waals surface area contributed by atoms with Crippen LogP contribution in [0.1, 0.15) is 47.8 Å². The Kier molecular flexibility index (Phi) is 4.76. The lowest BCUT2D eigenvalue weighted by molar-refractivity contribution is 0.0982. The highest BCUT2D eigenvalue weighted by Crippen LogP contribution is 2.42. The van der Waals surface area contributed by atoms with Gasteiger partial charge in [-0.25, -0.2) is 13.1 Å². The number of carbonyl (C=O) groups excluding carboxylic acids is 1. The number of fused-ring (bicyclic) bond motifs is 1. The molecule has 7 nitrogen and oxygen atoms in total. The Hall–Kier alpha value is -2.76. The average Bonchev–Trinajstić information content (AvgIpc) is 2.85. The molecule has 8 heteroatoms. The summed E-state index contributed by atoms with van der Waals surface area (Å²) in [5.41, 5.74) is 2.40. The Morgan fingerprint density at radius 3 is 2.67 bits per heavy atom. The van der Waals surface area contributed by atoms with Gasteiger partial charge in [0.1, 0.15) is 0 Å². The number of nitriles is 1. The fourth-order valence-corrected chi connectivity index (χ4v) is 3.82. The predicted molar refractivity (Wildman–Crippen MR) is 102 cm³/mol. The average molecular weight is 384 g/mol. The summed E-state index contributed by atoms with van der Waals surface area (Å²) in [4.78, 5) is 18.8. The highest BCUT2D eigenvalue weighted by atomic mass is 32.2. The third kappa shape index (κ3) is 3.44. The fourth-order valence-electron chi connectivity index (χ4n) is 3.23. The quantitative estimate of drug-likeness (QED) is 0.852. The third-order valence-electron chi connectivity index (χ3n) is 4.72. The van der Waals surface area contributed by atoms with Crippen LogP contribution in [0.15, 0.2) is 36.7 Å². The van der Waals surface area contributed by atoms with E-state index in [1.807, 2.05) is 13.8 Å². The lowest BCUT2D eigenvalue weighted by atomic mass is 9.92. The van der Waals surface area contributed by atoms with E-state index in [1.54, 1.807) is 48.5 Å². The molecule has 0 saturated carbocycles. The van der Waals surface area contributed by atoms with Crippen LogP contribution in [-0.4, -0.2) is 25.1 Å². The number of hydrogen-bond donors (Lipinski definition) is 1. The highest BCUT2D eigenvalue weighted by Gasteiger charge is 2.44. The van der Waals surface area contributed by atoms with Crippen LogP contribution in [0.4, 0.5) is 5.69 Å². The molecular weight excluding hydrogens is 364 g/mol. The predicted octanol–water partition coefficient (Wildman–Crippen LogP) is 2.29. The molecule has 0 spiro atoms. The van der Waals surface area contributed by atoms with Gasteiger partial charge in [0.2, 0.25) is 10.0 Å². The first-order chi connectivity index (χ1) is 12.7. The second-order valence-electron chi connectivity index (χ2n) is 6.85. The van der Waals surface area contributed by atoms with Crippen molar-refractivity contribution < 1.29 is 13.2 Å². The molecule has 1 aromatic carbocycles. The van der Waals surface area contributed by atoms with Gasteiger partial charge >= 0.3 is 0 Å². The van der Waals surface area contributed by atoms with E-state index in [1.165, 1.54) is 0 Å². The van der Waals surface area contributed by atoms with Crippen LogP contribution in [0.25, 0.3) is 0 Å². The van der Waals surface area contributed by atoms with E-state index in [4.69, 9.17) is 5.26 Å². The molecule has 1 aliphatic heterocycles. The van der Waals surface area contributed by atoms with E-state index >= 15 is 0 Å². The second-order valence-corrected chi connectivity index (χ2v) is 8.94. The molecule has 0 aliphatic carbocycles. The van der Waals surface area contributed by atoms with Gasteiger partial charge in [-0.1, -0.05) is 0 Å². The SMILES string of the molecule is CCS(=O)(=O)NCc1cncc(N2C(=O)c3ccc(C#N)cc3C2(C)C)c1. The molecule has 1 aliphatic rings. The fraction of sp³-hybridized carbons (Fsp3) is 0.316. The van der Waals surface area contributed by atoms with Crippen molar-refractivity contribution in [2.45, 2.75) is 32.9 Å². The summed E-state index contributed by atoms with van der Waals surface area (Å²) in [7, 11) is -3.32. The van der Waals surface area contributed by atoms with Crippen molar-refractivity contribution in [3.8, 4) is 6.07 Å². The Morgan fingerprint density at radius 2 is 2.00 bits per heavy atom. The first-order valence-corrected chi connectivity index (χ1v) is 10.2. The molecular formula is C19H20N4O3S. The molecule has 2 aromatic rings. The number of sulfonamides is 1. The van der Waals surface area contributed by atoms with Gasteiger partial charge in [-0.2, -0.15) is 5.26 Å². The number of anilines is 1. The molecule has 0 fully saturated rings. The zero-order valence-corrected chi connectivity index (χ0v) is 16.2. The number of carbonyl (C=O) groups is 1. The molecule has 1 N–H and O–H groups in total. The van der Waals surface area contributed by atoms with E-state index < -0.39 is 15.6 Å². The van der Waals surface area contributed by atoms with Gasteiger partial charge in [-0.3, -0.25) is 14.7 Å². The maximum absolute atomic E-state index is 13.0. The molecule has 140 valence electrons. The van der Waals surface area contributed by atoms with Crippen LogP contribution in [0, 0.1) is 11.3 Å². The van der Waals surface area contributed by atoms with Gasteiger partial charge < -0.3 is 0 Å². The molecule has 0 bridgehead atoms. The molecule has 27 heavy (non-hydrogen) atoms. The van der Waals surface area contributed by atoms with Crippen molar-refractivity contribution in [1.82, 2.24) is 9.71 Å². The minimum Gasteiger partial charge on any atom is -0.297 e. The summed E-state index contributed by atoms with van der Waals surface area (Å²) in [5.74, 6) is -0.179. The molecule has 0 radical (unpaired) electrons. The van der Waals surface area contributed by atoms with Gasteiger partial charge in [0, 0.05) is 18.3 Å². The maximum Gasteiger partial charge on any atom is 0.259 e. The van der Waals surface area contributed by atoms with Crippen LogP contribution in [0.3, 0.4) is 0 Å². The maximum atomic E-state index is 13.0. The Bertz CT molecular complexity index is 1050. The number of benzene rings is 1. The number of pyridine rings is 1. The number of aromatic nitrogens is 1. The van der Waals surface area contributed by atoms with Crippen molar-refractivity contribution >= 4 is 21.6 Å². The molecule has 0 atom stereocenters. The van der Waals surface area contributed by atoms with E-state index in [0.29, 0.717) is 22.4 Å². The first kappa shape index (κ1) is 19.0. The van der Waals surface area contributed by atoms with Crippen LogP contribution >= 0.6 is 0 Å². The van der Waals surface area contributed by atoms with E-state index in [2.05, 4.69) is 15.8 Å². The lowest BCUT2D eigenvalue weighted by Crippen LogP contribution is -2.39. The smallest absolute Gasteiger partial charge is 0.259 e. The molecule has 1 aromatic heterocycles. The Labute approximate surface area is 158 Å². The lowest BCUT2D eigenvalue weighted by Gasteiger charge is -2.32. The van der Waals surface area contributed by atoms with Crippen molar-refractivity contribution in [3.05, 3.63) is 58.9 Å². The normalized spacial score (nSPS) is 15.5. The van der Waals surface area contributed by atoms with Crippen molar-refractivity contribution in [2.24, 2.45) is 0 Å². The number of amides is 1. The van der Waals surface area contributed by atoms with Crippen molar-refractivity contribution in [1.29, 1.82) is 5.26 Å². The number of hydrogen-bond acceptors (Lipinski definition) is 5. The Morgan fingerprint density at radius 1 is 1.26 bits per heavy atom. The summed E-state index contributed by atoms with van der Waals surface area (Å²) in [6.45, 7) is 5.48. The highest BCUT2D eigenvalue weighted by molar-refractivity contribution is 7.89. The summed E-state index contributed by atoms with van der Waals surface area (Å²) in [6, 6.07) is 8.89. The van der Waals surface area contributed by atoms with Crippen molar-refractivity contribution in [3.63, 3.8) is 0 Å². The molecule has 2 heterocycles. The summed E-state index contributed by atoms with van der Waals surface area (Å²) in [6.07, 6.45) is 3.14. The van der Waals surface area contributed by atoms with E-state index in [0.717, 1.165) is 5.56 Å². The van der Waals surface area contributed by atoms with E-state index in [9.17, 15) is 13.2 Å². The van der Waals surface area contributed by atoms with E-state index in [-0.39, 0.29) is 18.2 Å². The number of rotatable bonds is 5. The minimum atomic E-state index is -3.32. The van der Waals surface area contributed by atoms with Crippen molar-refractivity contribution in [2.75, 3.05) is 10.7 Å². The summed E-state index contributed by atoms with van der Waals surface area (Å²) in [5, 5.41) is 9.15. The zero-order chi connectivity index (χ0) is 19.8. The van der Waals surface area contributed by atoms with Gasteiger partial charge in [0.15, 0.2) is 0 Å². The molecule has 0 saturated heterocycles. The molecule has 1 amide bonds. The molecule has 3 rings (SSSR count). The summed E-state index contributed by atoms with van der Waals surface area (Å²) < 4.78 is 25.8. The van der Waals surface area contributed by atoms with Gasteiger partial charge in [-0.05, 0) is 56.2 Å². The van der Waals surface area contributed by atoms with Crippen LogP contribution in [0.2, 0.25) is 0 Å². The summed E-state index contributed by atoms with van der Waals surface area (Å²) >= 11 is 0. The number of nitrogens with zero attached hydrogens (tertiary/aromatic N) is 3. The van der Waals surface area contributed by atoms with Crippen LogP contribution in [-0.2, 0) is 22.1 Å². The molecule has 0 unspecified atom stereocenters. The number of nitrogens with one attached hydrogen (secondary N) is 1. The van der Waals surface area contributed by atoms with Gasteiger partial charge in [-0.15, -0.1) is 0 Å². The van der Waals surface area contributed by atoms with Crippen LogP contribution in [0.5, 0.6) is 0 Å². The minimum absolute atomic E-state index is 0.00566. The van der Waals surface area contributed by atoms with Crippen LogP contribution < -0.4 is 9.62 Å². The topological polar surface area (TPSA) is 103 Å². The standard InChI is InChI=1S/C19H20N4O3S/c1-4-27(25,26)22-11-14-7-15(12-21-10-14)23-18(24)16-6-5-13(9-20)8-17(16)19(23,2)3/h5-8,10,12,22H,4,11H2,1-3H3.